The molecule has 0 unspecified atom stereocenters. The van der Waals surface area contributed by atoms with E-state index in [-0.39, 0.29) is 23.6 Å². The van der Waals surface area contributed by atoms with Crippen molar-refractivity contribution in [2.24, 2.45) is 12.8 Å². The van der Waals surface area contributed by atoms with Gasteiger partial charge in [0.25, 0.3) is 0 Å². The van der Waals surface area contributed by atoms with Crippen LogP contribution in [0.2, 0.25) is 0 Å². The number of hydrogen-bond acceptors (Lipinski definition) is 7. The molecule has 2 aromatic carbocycles. The number of benzene rings is 2. The van der Waals surface area contributed by atoms with Crippen molar-refractivity contribution in [1.82, 2.24) is 20.0 Å². The van der Waals surface area contributed by atoms with Crippen molar-refractivity contribution in [3.8, 4) is 0 Å². The van der Waals surface area contributed by atoms with Crippen molar-refractivity contribution < 1.29 is 18.0 Å². The minimum Gasteiger partial charge on any atom is -0.328 e. The van der Waals surface area contributed by atoms with Crippen molar-refractivity contribution in [3.05, 3.63) is 53.6 Å². The maximum atomic E-state index is 13.3. The van der Waals surface area contributed by atoms with E-state index in [9.17, 15) is 18.0 Å². The van der Waals surface area contributed by atoms with Gasteiger partial charge in [0, 0.05) is 38.0 Å². The molecule has 0 bridgehead atoms. The Bertz CT molecular complexity index is 1570. The number of carbonyl (C=O) groups excluding carboxylic acids is 2. The van der Waals surface area contributed by atoms with Gasteiger partial charge in [-0.25, -0.2) is 13.2 Å². The number of urea groups is 1. The molecule has 3 amide bonds. The summed E-state index contributed by atoms with van der Waals surface area (Å²) in [4.78, 5) is 28.3. The Morgan fingerprint density at radius 2 is 1.73 bits per heavy atom. The maximum Gasteiger partial charge on any atom is 0.329 e. The van der Waals surface area contributed by atoms with Gasteiger partial charge in [-0.3, -0.25) is 24.6 Å². The third-order valence-corrected chi connectivity index (χ3v) is 11.3. The van der Waals surface area contributed by atoms with Crippen molar-refractivity contribution in [2.75, 3.05) is 24.5 Å². The van der Waals surface area contributed by atoms with Crippen LogP contribution in [0.3, 0.4) is 0 Å². The Morgan fingerprint density at radius 3 is 2.46 bits per heavy atom. The molecule has 3 fully saturated rings. The summed E-state index contributed by atoms with van der Waals surface area (Å²) in [5, 5.41) is 7.54. The van der Waals surface area contributed by atoms with Crippen LogP contribution >= 0.6 is 0 Å². The molecule has 1 aliphatic carbocycles. The molecular formula is C30H38N6O4S. The number of aromatic nitrogens is 2. The van der Waals surface area contributed by atoms with Gasteiger partial charge in [0.1, 0.15) is 0 Å². The fourth-order valence-corrected chi connectivity index (χ4v) is 8.43. The van der Waals surface area contributed by atoms with Crippen molar-refractivity contribution in [3.63, 3.8) is 0 Å². The van der Waals surface area contributed by atoms with E-state index in [0.717, 1.165) is 61.8 Å². The highest BCUT2D eigenvalue weighted by Crippen LogP contribution is 2.34. The fourth-order valence-electron chi connectivity index (χ4n) is 6.57. The number of piperidine rings is 1. The lowest BCUT2D eigenvalue weighted by atomic mass is 9.89. The molecule has 218 valence electrons. The van der Waals surface area contributed by atoms with Crippen LogP contribution in [0.4, 0.5) is 10.6 Å². The summed E-state index contributed by atoms with van der Waals surface area (Å²) in [5.74, 6) is 0.724. The zero-order valence-electron chi connectivity index (χ0n) is 23.5. The second-order valence-corrected chi connectivity index (χ2v) is 14.0. The first-order chi connectivity index (χ1) is 19.7. The van der Waals surface area contributed by atoms with Crippen LogP contribution in [0.5, 0.6) is 0 Å². The zero-order chi connectivity index (χ0) is 28.7. The molecule has 6 rings (SSSR count). The van der Waals surface area contributed by atoms with Gasteiger partial charge in [-0.1, -0.05) is 18.2 Å². The highest BCUT2D eigenvalue weighted by Gasteiger charge is 2.32. The highest BCUT2D eigenvalue weighted by atomic mass is 32.2. The summed E-state index contributed by atoms with van der Waals surface area (Å²) < 4.78 is 28.4. The number of nitrogens with two attached hydrogens (primary N) is 1. The molecule has 2 aliphatic heterocycles. The van der Waals surface area contributed by atoms with Crippen LogP contribution in [0.1, 0.15) is 62.0 Å². The SMILES string of the molecule is Cn1nc(N2CCC(=O)NC2=O)c2ccc(C3CCN(Cc4cccc(S(=O)(=O)C5CCC(N)CC5)c4)CC3)cc21. The Morgan fingerprint density at radius 1 is 0.976 bits per heavy atom. The Labute approximate surface area is 240 Å². The van der Waals surface area contributed by atoms with Crippen LogP contribution < -0.4 is 16.0 Å². The molecule has 3 N–H and O–H groups in total. The Balaban J connectivity index is 1.10. The van der Waals surface area contributed by atoms with Crippen LogP contribution in [0.15, 0.2) is 47.4 Å². The van der Waals surface area contributed by atoms with Crippen LogP contribution in [0.25, 0.3) is 10.9 Å². The predicted octanol–water partition coefficient (Wildman–Crippen LogP) is 3.44. The largest absolute Gasteiger partial charge is 0.329 e. The topological polar surface area (TPSA) is 131 Å². The minimum absolute atomic E-state index is 0.120. The van der Waals surface area contributed by atoms with E-state index in [4.69, 9.17) is 5.73 Å². The molecule has 3 aliphatic rings. The average Bonchev–Trinajstić information content (AvgIpc) is 3.29. The summed E-state index contributed by atoms with van der Waals surface area (Å²) in [5.41, 5.74) is 9.24. The monoisotopic (exact) mass is 578 g/mol. The van der Waals surface area contributed by atoms with E-state index in [2.05, 4.69) is 27.4 Å². The Kier molecular flexibility index (Phi) is 7.60. The molecule has 1 aromatic heterocycles. The van der Waals surface area contributed by atoms with Gasteiger partial charge < -0.3 is 5.73 Å². The van der Waals surface area contributed by atoms with E-state index in [0.29, 0.717) is 36.0 Å². The van der Waals surface area contributed by atoms with Gasteiger partial charge in [0.15, 0.2) is 15.7 Å². The predicted molar refractivity (Wildman–Crippen MR) is 157 cm³/mol. The first-order valence-corrected chi connectivity index (χ1v) is 16.1. The number of fused-ring (bicyclic) bond motifs is 1. The van der Waals surface area contributed by atoms with Crippen LogP contribution in [-0.4, -0.2) is 66.0 Å². The molecule has 0 atom stereocenters. The van der Waals surface area contributed by atoms with E-state index < -0.39 is 15.9 Å². The van der Waals surface area contributed by atoms with Crippen LogP contribution in [0, 0.1) is 0 Å². The lowest BCUT2D eigenvalue weighted by Crippen LogP contribution is -2.49. The molecule has 0 radical (unpaired) electrons. The van der Waals surface area contributed by atoms with E-state index in [1.165, 1.54) is 10.5 Å². The number of rotatable bonds is 6. The second-order valence-electron chi connectivity index (χ2n) is 11.8. The molecule has 10 nitrogen and oxygen atoms in total. The number of nitrogens with one attached hydrogen (secondary N) is 1. The van der Waals surface area contributed by atoms with Crippen molar-refractivity contribution in [2.45, 2.75) is 73.6 Å². The molecule has 3 heterocycles. The summed E-state index contributed by atoms with van der Waals surface area (Å²) in [7, 11) is -1.47. The molecule has 11 heteroatoms. The van der Waals surface area contributed by atoms with Crippen molar-refractivity contribution in [1.29, 1.82) is 0 Å². The van der Waals surface area contributed by atoms with E-state index >= 15 is 0 Å². The van der Waals surface area contributed by atoms with E-state index in [1.54, 1.807) is 10.7 Å². The number of hydrogen-bond donors (Lipinski definition) is 2. The first kappa shape index (κ1) is 27.9. The van der Waals surface area contributed by atoms with Crippen molar-refractivity contribution >= 4 is 38.5 Å². The normalized spacial score (nSPS) is 23.2. The standard InChI is InChI=1S/C30H38N6O4S/c1-34-27-18-22(5-10-26(27)29(33-34)36-16-13-28(37)32-30(36)38)21-11-14-35(15-12-21)19-20-3-2-4-25(17-20)41(39,40)24-8-6-23(31)7-9-24/h2-5,10,17-18,21,23-24H,6-9,11-16,19,31H2,1H3,(H,32,37,38). The van der Waals surface area contributed by atoms with E-state index in [1.807, 2.05) is 31.3 Å². The lowest BCUT2D eigenvalue weighted by molar-refractivity contribution is -0.120. The zero-order valence-corrected chi connectivity index (χ0v) is 24.3. The molecule has 41 heavy (non-hydrogen) atoms. The third kappa shape index (κ3) is 5.62. The maximum absolute atomic E-state index is 13.3. The molecule has 2 saturated heterocycles. The number of sulfone groups is 1. The number of carbonyl (C=O) groups is 2. The summed E-state index contributed by atoms with van der Waals surface area (Å²) in [6.07, 6.45) is 5.09. The number of amides is 3. The summed E-state index contributed by atoms with van der Waals surface area (Å²) in [6.45, 7) is 2.91. The number of likely N-dealkylation sites (tertiary alicyclic amines) is 1. The second kappa shape index (κ2) is 11.2. The van der Waals surface area contributed by atoms with Crippen LogP contribution in [-0.2, 0) is 28.2 Å². The Hall–Kier alpha value is -3.28. The van der Waals surface area contributed by atoms with Gasteiger partial charge in [0.05, 0.1) is 15.7 Å². The van der Waals surface area contributed by atoms with Gasteiger partial charge in [-0.05, 0) is 92.9 Å². The van der Waals surface area contributed by atoms with Gasteiger partial charge >= 0.3 is 6.03 Å². The summed E-state index contributed by atoms with van der Waals surface area (Å²) in [6, 6.07) is 13.5. The van der Waals surface area contributed by atoms with Gasteiger partial charge in [0.2, 0.25) is 5.91 Å². The number of aryl methyl sites for hydroxylation is 1. The molecular weight excluding hydrogens is 540 g/mol. The summed E-state index contributed by atoms with van der Waals surface area (Å²) >= 11 is 0. The number of imide groups is 1. The molecule has 1 saturated carbocycles. The smallest absolute Gasteiger partial charge is 0.328 e. The lowest BCUT2D eigenvalue weighted by Gasteiger charge is -2.32. The number of nitrogens with zero attached hydrogens (tertiary/aromatic N) is 4. The first-order valence-electron chi connectivity index (χ1n) is 14.6. The quantitative estimate of drug-likeness (QED) is 0.458. The minimum atomic E-state index is -3.35. The average molecular weight is 579 g/mol. The highest BCUT2D eigenvalue weighted by molar-refractivity contribution is 7.92. The number of anilines is 1. The fraction of sp³-hybridized carbons (Fsp3) is 0.500. The third-order valence-electron chi connectivity index (χ3n) is 9.02. The molecule has 3 aromatic rings. The van der Waals surface area contributed by atoms with Gasteiger partial charge in [-0.2, -0.15) is 5.10 Å². The molecule has 0 spiro atoms. The van der Waals surface area contributed by atoms with Gasteiger partial charge in [-0.15, -0.1) is 0 Å².